The molecule has 106 valence electrons. The minimum atomic E-state index is -0.313. The van der Waals surface area contributed by atoms with Crippen LogP contribution in [0.4, 0.5) is 0 Å². The van der Waals surface area contributed by atoms with Gasteiger partial charge in [-0.3, -0.25) is 4.79 Å². The van der Waals surface area contributed by atoms with Crippen LogP contribution in [0.25, 0.3) is 0 Å². The fraction of sp³-hybridized carbons (Fsp3) is 0.562. The summed E-state index contributed by atoms with van der Waals surface area (Å²) in [6.45, 7) is 2.93. The van der Waals surface area contributed by atoms with E-state index in [1.165, 1.54) is 24.8 Å². The summed E-state index contributed by atoms with van der Waals surface area (Å²) in [6.07, 6.45) is 5.10. The Morgan fingerprint density at radius 3 is 2.79 bits per heavy atom. The van der Waals surface area contributed by atoms with Crippen LogP contribution in [0.15, 0.2) is 24.3 Å². The van der Waals surface area contributed by atoms with E-state index < -0.39 is 0 Å². The summed E-state index contributed by atoms with van der Waals surface area (Å²) in [5.41, 5.74) is 2.22. The zero-order chi connectivity index (χ0) is 14.1. The van der Waals surface area contributed by atoms with Gasteiger partial charge in [0.25, 0.3) is 0 Å². The quantitative estimate of drug-likeness (QED) is 0.498. The second kappa shape index (κ2) is 9.11. The van der Waals surface area contributed by atoms with Crippen molar-refractivity contribution in [3.8, 4) is 0 Å². The van der Waals surface area contributed by atoms with E-state index in [2.05, 4.69) is 19.1 Å². The number of methoxy groups -OCH3 is 1. The Bertz CT molecular complexity index is 390. The van der Waals surface area contributed by atoms with Crippen LogP contribution in [0.2, 0.25) is 0 Å². The second-order valence-electron chi connectivity index (χ2n) is 4.92. The monoisotopic (exact) mass is 282 g/mol. The largest absolute Gasteiger partial charge is 0.384 e. The van der Waals surface area contributed by atoms with Gasteiger partial charge in [0.1, 0.15) is 0 Å². The molecule has 0 spiro atoms. The van der Waals surface area contributed by atoms with Crippen molar-refractivity contribution in [2.75, 3.05) is 13.7 Å². The first-order valence-corrected chi connectivity index (χ1v) is 7.31. The van der Waals surface area contributed by atoms with Crippen molar-refractivity contribution in [1.29, 1.82) is 0 Å². The van der Waals surface area contributed by atoms with Gasteiger partial charge in [-0.05, 0) is 29.1 Å². The van der Waals surface area contributed by atoms with E-state index >= 15 is 0 Å². The molecule has 1 aromatic carbocycles. The Morgan fingerprint density at radius 1 is 1.37 bits per heavy atom. The molecule has 1 unspecified atom stereocenters. The molecule has 3 heteroatoms. The van der Waals surface area contributed by atoms with E-state index in [4.69, 9.17) is 16.3 Å². The van der Waals surface area contributed by atoms with Gasteiger partial charge >= 0.3 is 0 Å². The molecule has 1 rings (SSSR count). The Hall–Kier alpha value is -0.860. The molecule has 0 heterocycles. The van der Waals surface area contributed by atoms with E-state index in [0.29, 0.717) is 12.3 Å². The molecule has 0 bridgehead atoms. The Kier molecular flexibility index (Phi) is 7.76. The Labute approximate surface area is 121 Å². The number of hydrogen-bond donors (Lipinski definition) is 0. The van der Waals surface area contributed by atoms with Crippen molar-refractivity contribution in [2.45, 2.75) is 44.9 Å². The summed E-state index contributed by atoms with van der Waals surface area (Å²) in [5, 5.41) is -0.313. The van der Waals surface area contributed by atoms with Crippen LogP contribution in [0.1, 0.15) is 49.7 Å². The van der Waals surface area contributed by atoms with E-state index in [1.54, 1.807) is 7.11 Å². The Balaban J connectivity index is 2.73. The van der Waals surface area contributed by atoms with Gasteiger partial charge in [0.2, 0.25) is 5.24 Å². The highest BCUT2D eigenvalue weighted by atomic mass is 35.5. The lowest BCUT2D eigenvalue weighted by Gasteiger charge is -2.17. The second-order valence-corrected chi connectivity index (χ2v) is 5.35. The Morgan fingerprint density at radius 2 is 2.16 bits per heavy atom. The fourth-order valence-corrected chi connectivity index (χ4v) is 2.46. The van der Waals surface area contributed by atoms with Gasteiger partial charge in [0.05, 0.1) is 6.61 Å². The molecule has 0 aliphatic heterocycles. The van der Waals surface area contributed by atoms with E-state index in [1.807, 2.05) is 12.1 Å². The number of hydrogen-bond acceptors (Lipinski definition) is 2. The summed E-state index contributed by atoms with van der Waals surface area (Å²) in [7, 11) is 1.74. The van der Waals surface area contributed by atoms with Crippen molar-refractivity contribution >= 4 is 16.8 Å². The highest BCUT2D eigenvalue weighted by molar-refractivity contribution is 6.63. The van der Waals surface area contributed by atoms with Crippen molar-refractivity contribution in [3.63, 3.8) is 0 Å². The summed E-state index contributed by atoms with van der Waals surface area (Å²) < 4.78 is 5.32. The normalized spacial score (nSPS) is 12.4. The number of ether oxygens (including phenoxy) is 1. The third-order valence-corrected chi connectivity index (χ3v) is 3.42. The molecule has 0 saturated heterocycles. The predicted molar refractivity (Wildman–Crippen MR) is 79.8 cm³/mol. The lowest BCUT2D eigenvalue weighted by Crippen LogP contribution is -2.07. The first-order valence-electron chi connectivity index (χ1n) is 6.93. The molecule has 0 saturated carbocycles. The topological polar surface area (TPSA) is 26.3 Å². The lowest BCUT2D eigenvalue weighted by atomic mass is 9.92. The minimum Gasteiger partial charge on any atom is -0.384 e. The number of rotatable bonds is 9. The van der Waals surface area contributed by atoms with Crippen molar-refractivity contribution in [1.82, 2.24) is 0 Å². The lowest BCUT2D eigenvalue weighted by molar-refractivity contribution is -0.111. The highest BCUT2D eigenvalue weighted by Gasteiger charge is 2.12. The summed E-state index contributed by atoms with van der Waals surface area (Å²) in [6, 6.07) is 8.13. The van der Waals surface area contributed by atoms with Gasteiger partial charge in [0.15, 0.2) is 0 Å². The van der Waals surface area contributed by atoms with E-state index in [9.17, 15) is 4.79 Å². The maximum absolute atomic E-state index is 11.0. The van der Waals surface area contributed by atoms with E-state index in [-0.39, 0.29) is 5.24 Å². The minimum absolute atomic E-state index is 0.296. The van der Waals surface area contributed by atoms with Crippen molar-refractivity contribution in [3.05, 3.63) is 35.4 Å². The summed E-state index contributed by atoms with van der Waals surface area (Å²) >= 11 is 5.44. The number of carbonyl (C=O) groups excluding carboxylic acids is 1. The van der Waals surface area contributed by atoms with Crippen LogP contribution in [-0.4, -0.2) is 19.0 Å². The molecule has 0 radical (unpaired) electrons. The SMILES string of the molecule is CCCCCC(COC)c1cccc(CC(=O)Cl)c1. The molecular weight excluding hydrogens is 260 g/mol. The first-order chi connectivity index (χ1) is 9.17. The smallest absolute Gasteiger partial charge is 0.226 e. The van der Waals surface area contributed by atoms with Crippen LogP contribution in [-0.2, 0) is 16.0 Å². The molecule has 0 aliphatic rings. The average molecular weight is 283 g/mol. The molecule has 2 nitrogen and oxygen atoms in total. The van der Waals surface area contributed by atoms with Gasteiger partial charge in [-0.1, -0.05) is 50.5 Å². The van der Waals surface area contributed by atoms with Gasteiger partial charge in [0, 0.05) is 19.4 Å². The van der Waals surface area contributed by atoms with E-state index in [0.717, 1.165) is 18.6 Å². The maximum Gasteiger partial charge on any atom is 0.226 e. The molecule has 1 atom stereocenters. The third kappa shape index (κ3) is 6.22. The maximum atomic E-state index is 11.0. The number of unbranched alkanes of at least 4 members (excludes halogenated alkanes) is 2. The third-order valence-electron chi connectivity index (χ3n) is 3.29. The summed E-state index contributed by atoms with van der Waals surface area (Å²) in [5.74, 6) is 0.405. The first kappa shape index (κ1) is 16.2. The van der Waals surface area contributed by atoms with Crippen molar-refractivity contribution in [2.24, 2.45) is 0 Å². The predicted octanol–water partition coefficient (Wildman–Crippen LogP) is 4.30. The molecule has 19 heavy (non-hydrogen) atoms. The van der Waals surface area contributed by atoms with Gasteiger partial charge < -0.3 is 4.74 Å². The van der Waals surface area contributed by atoms with Crippen LogP contribution < -0.4 is 0 Å². The number of benzene rings is 1. The van der Waals surface area contributed by atoms with Crippen LogP contribution >= 0.6 is 11.6 Å². The molecule has 0 fully saturated rings. The summed E-state index contributed by atoms with van der Waals surface area (Å²) in [4.78, 5) is 11.0. The van der Waals surface area contributed by atoms with Crippen LogP contribution in [0.3, 0.4) is 0 Å². The molecular formula is C16H23ClO2. The molecule has 1 aromatic rings. The van der Waals surface area contributed by atoms with Gasteiger partial charge in [-0.15, -0.1) is 0 Å². The fourth-order valence-electron chi connectivity index (χ4n) is 2.31. The zero-order valence-electron chi connectivity index (χ0n) is 11.8. The molecule has 0 aromatic heterocycles. The molecule has 0 amide bonds. The molecule has 0 N–H and O–H groups in total. The van der Waals surface area contributed by atoms with Gasteiger partial charge in [-0.25, -0.2) is 0 Å². The highest BCUT2D eigenvalue weighted by Crippen LogP contribution is 2.24. The standard InChI is InChI=1S/C16H23ClO2/c1-3-4-5-8-15(12-19-2)14-9-6-7-13(10-14)11-16(17)18/h6-7,9-10,15H,3-5,8,11-12H2,1-2H3. The molecule has 0 aliphatic carbocycles. The van der Waals surface area contributed by atoms with Crippen LogP contribution in [0, 0.1) is 0 Å². The zero-order valence-corrected chi connectivity index (χ0v) is 12.6. The van der Waals surface area contributed by atoms with Crippen LogP contribution in [0.5, 0.6) is 0 Å². The number of halogens is 1. The van der Waals surface area contributed by atoms with Gasteiger partial charge in [-0.2, -0.15) is 0 Å². The van der Waals surface area contributed by atoms with Crippen molar-refractivity contribution < 1.29 is 9.53 Å². The average Bonchev–Trinajstić information content (AvgIpc) is 2.37. The number of carbonyl (C=O) groups is 1.